The van der Waals surface area contributed by atoms with E-state index in [0.717, 1.165) is 5.54 Å². The van der Waals surface area contributed by atoms with Crippen molar-refractivity contribution in [1.82, 2.24) is 0 Å². The first kappa shape index (κ1) is 9.85. The molecule has 0 nitrogen and oxygen atoms in total. The molecule has 0 aliphatic heterocycles. The molecule has 0 aromatic heterocycles. The van der Waals surface area contributed by atoms with E-state index in [9.17, 15) is 0 Å². The van der Waals surface area contributed by atoms with E-state index in [1.165, 1.54) is 22.2 Å². The highest BCUT2D eigenvalue weighted by Gasteiger charge is 2.28. The summed E-state index contributed by atoms with van der Waals surface area (Å²) in [7, 11) is 1.27. The van der Waals surface area contributed by atoms with E-state index in [1.807, 2.05) is 0 Å². The Morgan fingerprint density at radius 2 is 1.44 bits per heavy atom. The van der Waals surface area contributed by atoms with Gasteiger partial charge in [0.25, 0.3) is 0 Å². The zero-order valence-electron chi connectivity index (χ0n) is 9.56. The Hall–Kier alpha value is -1.34. The summed E-state index contributed by atoms with van der Waals surface area (Å²) >= 11 is 0. The molecule has 0 saturated heterocycles. The summed E-state index contributed by atoms with van der Waals surface area (Å²) < 4.78 is 0. The average molecular weight is 224 g/mol. The lowest BCUT2D eigenvalue weighted by Crippen LogP contribution is -1.95. The molecular weight excluding hydrogens is 208 g/mol. The second-order valence-electron chi connectivity index (χ2n) is 4.73. The van der Waals surface area contributed by atoms with E-state index in [2.05, 4.69) is 54.6 Å². The number of benzene rings is 2. The summed E-state index contributed by atoms with van der Waals surface area (Å²) in [4.78, 5) is 0. The van der Waals surface area contributed by atoms with Gasteiger partial charge in [0.1, 0.15) is 0 Å². The van der Waals surface area contributed by atoms with Crippen LogP contribution in [0.15, 0.2) is 54.6 Å². The molecule has 2 unspecified atom stereocenters. The molecule has 0 fully saturated rings. The number of hydrogen-bond donors (Lipinski definition) is 0. The normalized spacial score (nSPS) is 23.2. The van der Waals surface area contributed by atoms with Crippen molar-refractivity contribution in [2.75, 3.05) is 0 Å². The van der Waals surface area contributed by atoms with E-state index in [4.69, 9.17) is 0 Å². The Balaban J connectivity index is 2.07. The van der Waals surface area contributed by atoms with Gasteiger partial charge < -0.3 is 0 Å². The van der Waals surface area contributed by atoms with Gasteiger partial charge in [-0.3, -0.25) is 0 Å². The van der Waals surface area contributed by atoms with Crippen LogP contribution in [0, 0.1) is 0 Å². The molecule has 0 spiro atoms. The van der Waals surface area contributed by atoms with Crippen LogP contribution in [0.25, 0.3) is 0 Å². The summed E-state index contributed by atoms with van der Waals surface area (Å²) in [5, 5.41) is 0. The van der Waals surface area contributed by atoms with Gasteiger partial charge in [-0.2, -0.15) is 0 Å². The number of rotatable bonds is 1. The number of hydrogen-bond acceptors (Lipinski definition) is 0. The summed E-state index contributed by atoms with van der Waals surface area (Å²) in [6.45, 7) is 0. The van der Waals surface area contributed by atoms with Crippen LogP contribution < -0.4 is 0 Å². The SMILES string of the molecule is [SiH3]C1CC(c2ccccc2)c2ccccc21. The molecule has 1 aliphatic carbocycles. The van der Waals surface area contributed by atoms with E-state index in [1.54, 1.807) is 11.1 Å². The first-order chi connectivity index (χ1) is 7.86. The van der Waals surface area contributed by atoms with Crippen LogP contribution in [-0.4, -0.2) is 10.2 Å². The van der Waals surface area contributed by atoms with Crippen molar-refractivity contribution >= 4 is 10.2 Å². The first-order valence-electron chi connectivity index (χ1n) is 6.00. The lowest BCUT2D eigenvalue weighted by atomic mass is 9.93. The molecule has 3 rings (SSSR count). The Kier molecular flexibility index (Phi) is 2.41. The summed E-state index contributed by atoms with van der Waals surface area (Å²) in [5.74, 6) is 0.639. The molecule has 80 valence electrons. The minimum absolute atomic E-state index is 0.639. The molecule has 16 heavy (non-hydrogen) atoms. The van der Waals surface area contributed by atoms with Gasteiger partial charge in [0.15, 0.2) is 0 Å². The van der Waals surface area contributed by atoms with E-state index < -0.39 is 0 Å². The Labute approximate surface area is 99.7 Å². The maximum atomic E-state index is 2.32. The van der Waals surface area contributed by atoms with Gasteiger partial charge in [-0.25, -0.2) is 0 Å². The van der Waals surface area contributed by atoms with Crippen LogP contribution in [0.5, 0.6) is 0 Å². The van der Waals surface area contributed by atoms with Crippen LogP contribution in [0.4, 0.5) is 0 Å². The fourth-order valence-corrected chi connectivity index (χ4v) is 3.88. The zero-order chi connectivity index (χ0) is 11.0. The minimum atomic E-state index is 0.639. The largest absolute Gasteiger partial charge is 0.0622 e. The summed E-state index contributed by atoms with van der Waals surface area (Å²) in [5.41, 5.74) is 5.48. The minimum Gasteiger partial charge on any atom is -0.0622 e. The highest BCUT2D eigenvalue weighted by molar-refractivity contribution is 6.13. The quantitative estimate of drug-likeness (QED) is 0.653. The van der Waals surface area contributed by atoms with Crippen LogP contribution in [-0.2, 0) is 0 Å². The fourth-order valence-electron chi connectivity index (χ4n) is 2.89. The number of fused-ring (bicyclic) bond motifs is 1. The predicted molar refractivity (Wildman–Crippen MR) is 72.0 cm³/mol. The van der Waals surface area contributed by atoms with Crippen LogP contribution in [0.3, 0.4) is 0 Å². The zero-order valence-corrected chi connectivity index (χ0v) is 11.6. The third-order valence-electron chi connectivity index (χ3n) is 3.69. The van der Waals surface area contributed by atoms with E-state index in [-0.39, 0.29) is 0 Å². The van der Waals surface area contributed by atoms with Crippen molar-refractivity contribution in [2.45, 2.75) is 17.9 Å². The fraction of sp³-hybridized carbons (Fsp3) is 0.200. The van der Waals surface area contributed by atoms with Gasteiger partial charge in [0.2, 0.25) is 0 Å². The molecule has 0 bridgehead atoms. The molecule has 0 amide bonds. The standard InChI is InChI=1S/C15H16Si/c16-15-10-14(11-6-2-1-3-7-11)12-8-4-5-9-13(12)15/h1-9,14-15H,10H2,16H3. The first-order valence-corrected chi connectivity index (χ1v) is 7.15. The molecule has 0 radical (unpaired) electrons. The van der Waals surface area contributed by atoms with Crippen molar-refractivity contribution in [3.63, 3.8) is 0 Å². The molecule has 1 aliphatic rings. The van der Waals surface area contributed by atoms with Crippen molar-refractivity contribution < 1.29 is 0 Å². The highest BCUT2D eigenvalue weighted by Crippen LogP contribution is 2.43. The molecule has 2 aromatic carbocycles. The summed E-state index contributed by atoms with van der Waals surface area (Å²) in [6.07, 6.45) is 1.32. The van der Waals surface area contributed by atoms with Crippen LogP contribution in [0.2, 0.25) is 0 Å². The Bertz CT molecular complexity index is 490. The van der Waals surface area contributed by atoms with Gasteiger partial charge in [0.05, 0.1) is 0 Å². The van der Waals surface area contributed by atoms with E-state index in [0.29, 0.717) is 5.92 Å². The lowest BCUT2D eigenvalue weighted by molar-refractivity contribution is 0.771. The van der Waals surface area contributed by atoms with Crippen LogP contribution in [0.1, 0.15) is 34.6 Å². The Morgan fingerprint density at radius 1 is 0.812 bits per heavy atom. The summed E-state index contributed by atoms with van der Waals surface area (Å²) in [6, 6.07) is 19.9. The van der Waals surface area contributed by atoms with Crippen LogP contribution >= 0.6 is 0 Å². The van der Waals surface area contributed by atoms with Crippen molar-refractivity contribution in [3.05, 3.63) is 71.3 Å². The van der Waals surface area contributed by atoms with Gasteiger partial charge in [0, 0.05) is 16.2 Å². The second kappa shape index (κ2) is 3.91. The maximum Gasteiger partial charge on any atom is 0.0123 e. The van der Waals surface area contributed by atoms with E-state index >= 15 is 0 Å². The highest BCUT2D eigenvalue weighted by atomic mass is 28.1. The molecular formula is C15H16Si. The van der Waals surface area contributed by atoms with Crippen molar-refractivity contribution in [2.24, 2.45) is 0 Å². The molecule has 0 N–H and O–H groups in total. The van der Waals surface area contributed by atoms with Crippen molar-refractivity contribution in [1.29, 1.82) is 0 Å². The van der Waals surface area contributed by atoms with Gasteiger partial charge in [-0.05, 0) is 28.7 Å². The molecule has 0 saturated carbocycles. The lowest BCUT2D eigenvalue weighted by Gasteiger charge is -2.11. The monoisotopic (exact) mass is 224 g/mol. The molecule has 2 atom stereocenters. The smallest absolute Gasteiger partial charge is 0.0123 e. The second-order valence-corrected chi connectivity index (χ2v) is 6.12. The van der Waals surface area contributed by atoms with Crippen molar-refractivity contribution in [3.8, 4) is 0 Å². The third kappa shape index (κ3) is 1.52. The van der Waals surface area contributed by atoms with Gasteiger partial charge >= 0.3 is 0 Å². The molecule has 2 aromatic rings. The van der Waals surface area contributed by atoms with Gasteiger partial charge in [-0.1, -0.05) is 54.6 Å². The Morgan fingerprint density at radius 3 is 2.19 bits per heavy atom. The molecule has 1 heteroatoms. The van der Waals surface area contributed by atoms with Gasteiger partial charge in [-0.15, -0.1) is 0 Å². The maximum absolute atomic E-state index is 2.32. The predicted octanol–water partition coefficient (Wildman–Crippen LogP) is 2.63. The third-order valence-corrected chi connectivity index (χ3v) is 4.79. The average Bonchev–Trinajstić information content (AvgIpc) is 2.69. The molecule has 0 heterocycles. The topological polar surface area (TPSA) is 0 Å².